The molecule has 0 radical (unpaired) electrons. The quantitative estimate of drug-likeness (QED) is 0.573. The summed E-state index contributed by atoms with van der Waals surface area (Å²) < 4.78 is 27.6. The van der Waals surface area contributed by atoms with E-state index in [-0.39, 0.29) is 6.54 Å². The van der Waals surface area contributed by atoms with Gasteiger partial charge in [0.25, 0.3) is 0 Å². The van der Waals surface area contributed by atoms with Gasteiger partial charge in [0.15, 0.2) is 0 Å². The summed E-state index contributed by atoms with van der Waals surface area (Å²) in [7, 11) is -3.28. The van der Waals surface area contributed by atoms with Crippen LogP contribution in [0.3, 0.4) is 0 Å². The Labute approximate surface area is 181 Å². The minimum atomic E-state index is -3.28. The van der Waals surface area contributed by atoms with Gasteiger partial charge in [0.2, 0.25) is 10.0 Å². The molecule has 0 unspecified atom stereocenters. The third kappa shape index (κ3) is 4.15. The molecule has 1 saturated carbocycles. The largest absolute Gasteiger partial charge is 0.383 e. The fourth-order valence-electron chi connectivity index (χ4n) is 4.56. The van der Waals surface area contributed by atoms with Crippen LogP contribution in [0.15, 0.2) is 31.0 Å². The lowest BCUT2D eigenvalue weighted by atomic mass is 9.79. The maximum absolute atomic E-state index is 11.4. The zero-order valence-corrected chi connectivity index (χ0v) is 18.3. The number of sulfonamides is 1. The first-order valence-corrected chi connectivity index (χ1v) is 12.5. The standard InChI is InChI=1S/C21H27N7O2S/c1-31(29,30)26-9-15-5-16(10-23-8-15)18-12-28(21-19(18)20(22)24-13-25-21)17-6-14(7-17)11-27-3-2-4-27/h5,8,10,12-14,17,26H,2-4,6-7,9,11H2,1H3,(H2,22,24,25). The number of fused-ring (bicyclic) bond motifs is 1. The molecule has 0 aromatic carbocycles. The van der Waals surface area contributed by atoms with Crippen molar-refractivity contribution in [3.8, 4) is 11.1 Å². The second-order valence-electron chi connectivity index (χ2n) is 8.73. The van der Waals surface area contributed by atoms with Crippen molar-refractivity contribution in [2.24, 2.45) is 5.92 Å². The van der Waals surface area contributed by atoms with Gasteiger partial charge in [-0.15, -0.1) is 0 Å². The SMILES string of the molecule is CS(=O)(=O)NCc1cncc(-c2cn(C3CC(CN4CCC4)C3)c3ncnc(N)c23)c1. The molecule has 3 N–H and O–H groups in total. The van der Waals surface area contributed by atoms with Gasteiger partial charge in [0.05, 0.1) is 11.6 Å². The lowest BCUT2D eigenvalue weighted by molar-refractivity contribution is 0.0921. The van der Waals surface area contributed by atoms with Gasteiger partial charge in [-0.2, -0.15) is 0 Å². The summed E-state index contributed by atoms with van der Waals surface area (Å²) in [5.74, 6) is 1.17. The fraction of sp³-hybridized carbons (Fsp3) is 0.476. The Kier molecular flexibility index (Phi) is 5.15. The number of rotatable bonds is 7. The summed E-state index contributed by atoms with van der Waals surface area (Å²) in [6, 6.07) is 2.34. The Balaban J connectivity index is 1.44. The highest BCUT2D eigenvalue weighted by Crippen LogP contribution is 2.43. The summed E-state index contributed by atoms with van der Waals surface area (Å²) >= 11 is 0. The third-order valence-corrected chi connectivity index (χ3v) is 7.02. The van der Waals surface area contributed by atoms with Gasteiger partial charge in [0.1, 0.15) is 17.8 Å². The summed E-state index contributed by atoms with van der Waals surface area (Å²) in [5, 5.41) is 0.823. The van der Waals surface area contributed by atoms with Crippen molar-refractivity contribution in [1.82, 2.24) is 29.1 Å². The molecule has 0 amide bonds. The smallest absolute Gasteiger partial charge is 0.209 e. The van der Waals surface area contributed by atoms with Crippen LogP contribution in [-0.4, -0.2) is 58.7 Å². The Bertz CT molecular complexity index is 1210. The molecular formula is C21H27N7O2S. The monoisotopic (exact) mass is 441 g/mol. The molecule has 164 valence electrons. The highest BCUT2D eigenvalue weighted by atomic mass is 32.2. The molecule has 3 aromatic heterocycles. The molecule has 1 aliphatic heterocycles. The average molecular weight is 442 g/mol. The molecule has 0 bridgehead atoms. The van der Waals surface area contributed by atoms with Crippen molar-refractivity contribution in [3.05, 3.63) is 36.5 Å². The number of aromatic nitrogens is 4. The van der Waals surface area contributed by atoms with Gasteiger partial charge in [-0.05, 0) is 49.9 Å². The first kappa shape index (κ1) is 20.3. The van der Waals surface area contributed by atoms with Crippen molar-refractivity contribution in [2.75, 3.05) is 31.6 Å². The number of nitrogens with zero attached hydrogens (tertiary/aromatic N) is 5. The third-order valence-electron chi connectivity index (χ3n) is 6.35. The molecule has 5 rings (SSSR count). The fourth-order valence-corrected chi connectivity index (χ4v) is 4.99. The predicted molar refractivity (Wildman–Crippen MR) is 120 cm³/mol. The molecular weight excluding hydrogens is 414 g/mol. The van der Waals surface area contributed by atoms with Crippen LogP contribution in [-0.2, 0) is 16.6 Å². The number of nitrogens with one attached hydrogen (secondary N) is 1. The van der Waals surface area contributed by atoms with Crippen LogP contribution in [0.2, 0.25) is 0 Å². The summed E-state index contributed by atoms with van der Waals surface area (Å²) in [4.78, 5) is 15.6. The van der Waals surface area contributed by atoms with Gasteiger partial charge in [-0.3, -0.25) is 4.98 Å². The molecule has 4 heterocycles. The van der Waals surface area contributed by atoms with E-state index in [0.717, 1.165) is 52.7 Å². The van der Waals surface area contributed by atoms with E-state index in [4.69, 9.17) is 5.73 Å². The molecule has 0 atom stereocenters. The number of hydrogen-bond acceptors (Lipinski definition) is 7. The van der Waals surface area contributed by atoms with Gasteiger partial charge in [0, 0.05) is 48.8 Å². The van der Waals surface area contributed by atoms with E-state index < -0.39 is 10.0 Å². The van der Waals surface area contributed by atoms with Crippen LogP contribution < -0.4 is 10.5 Å². The number of anilines is 1. The van der Waals surface area contributed by atoms with Crippen molar-refractivity contribution in [1.29, 1.82) is 0 Å². The highest BCUT2D eigenvalue weighted by Gasteiger charge is 2.34. The lowest BCUT2D eigenvalue weighted by Gasteiger charge is -2.42. The lowest BCUT2D eigenvalue weighted by Crippen LogP contribution is -2.43. The Morgan fingerprint density at radius 1 is 1.23 bits per heavy atom. The van der Waals surface area contributed by atoms with E-state index in [1.807, 2.05) is 6.07 Å². The van der Waals surface area contributed by atoms with E-state index in [1.165, 1.54) is 32.4 Å². The number of nitrogen functional groups attached to an aromatic ring is 1. The zero-order chi connectivity index (χ0) is 21.6. The van der Waals surface area contributed by atoms with Crippen LogP contribution in [0.4, 0.5) is 5.82 Å². The Hall–Kier alpha value is -2.56. The van der Waals surface area contributed by atoms with Gasteiger partial charge >= 0.3 is 0 Å². The minimum Gasteiger partial charge on any atom is -0.383 e. The maximum atomic E-state index is 11.4. The zero-order valence-electron chi connectivity index (χ0n) is 17.5. The van der Waals surface area contributed by atoms with Crippen molar-refractivity contribution >= 4 is 26.9 Å². The molecule has 2 aliphatic rings. The molecule has 10 heteroatoms. The van der Waals surface area contributed by atoms with Crippen molar-refractivity contribution < 1.29 is 8.42 Å². The van der Waals surface area contributed by atoms with Crippen LogP contribution in [0, 0.1) is 5.92 Å². The van der Waals surface area contributed by atoms with E-state index in [9.17, 15) is 8.42 Å². The molecule has 2 fully saturated rings. The van der Waals surface area contributed by atoms with Gasteiger partial charge < -0.3 is 15.2 Å². The topological polar surface area (TPSA) is 119 Å². The Morgan fingerprint density at radius 2 is 2.03 bits per heavy atom. The molecule has 9 nitrogen and oxygen atoms in total. The first-order chi connectivity index (χ1) is 14.9. The second-order valence-corrected chi connectivity index (χ2v) is 10.6. The van der Waals surface area contributed by atoms with Crippen molar-refractivity contribution in [3.63, 3.8) is 0 Å². The first-order valence-electron chi connectivity index (χ1n) is 10.6. The summed E-state index contributed by atoms with van der Waals surface area (Å²) in [5.41, 5.74) is 9.67. The average Bonchev–Trinajstić information content (AvgIpc) is 3.04. The predicted octanol–water partition coefficient (Wildman–Crippen LogP) is 1.78. The van der Waals surface area contributed by atoms with Crippen molar-refractivity contribution in [2.45, 2.75) is 31.8 Å². The van der Waals surface area contributed by atoms with Crippen LogP contribution in [0.5, 0.6) is 0 Å². The maximum Gasteiger partial charge on any atom is 0.209 e. The summed E-state index contributed by atoms with van der Waals surface area (Å²) in [6.45, 7) is 3.85. The molecule has 1 saturated heterocycles. The minimum absolute atomic E-state index is 0.186. The Morgan fingerprint density at radius 3 is 2.74 bits per heavy atom. The molecule has 0 spiro atoms. The second kappa shape index (κ2) is 7.85. The normalized spacial score (nSPS) is 21.7. The van der Waals surface area contributed by atoms with Gasteiger partial charge in [-0.1, -0.05) is 0 Å². The molecule has 1 aliphatic carbocycles. The van der Waals surface area contributed by atoms with Gasteiger partial charge in [-0.25, -0.2) is 23.1 Å². The number of hydrogen-bond donors (Lipinski definition) is 2. The van der Waals surface area contributed by atoms with E-state index in [1.54, 1.807) is 12.4 Å². The van der Waals surface area contributed by atoms with Crippen LogP contribution in [0.1, 0.15) is 30.9 Å². The number of likely N-dealkylation sites (tertiary alicyclic amines) is 1. The number of nitrogens with two attached hydrogens (primary N) is 1. The molecule has 3 aromatic rings. The van der Waals surface area contributed by atoms with E-state index in [2.05, 4.69) is 35.3 Å². The number of pyridine rings is 1. The van der Waals surface area contributed by atoms with Crippen LogP contribution in [0.25, 0.3) is 22.2 Å². The van der Waals surface area contributed by atoms with Crippen LogP contribution >= 0.6 is 0 Å². The van der Waals surface area contributed by atoms with E-state index >= 15 is 0 Å². The molecule has 31 heavy (non-hydrogen) atoms. The highest BCUT2D eigenvalue weighted by molar-refractivity contribution is 7.88. The van der Waals surface area contributed by atoms with E-state index in [0.29, 0.717) is 11.9 Å². The summed E-state index contributed by atoms with van der Waals surface area (Å²) in [6.07, 6.45) is 11.8.